The molecule has 1 nitrogen and oxygen atoms in total. The molecule has 2 heteroatoms. The van der Waals surface area contributed by atoms with Gasteiger partial charge in [0.1, 0.15) is 5.82 Å². The van der Waals surface area contributed by atoms with E-state index in [1.54, 1.807) is 12.1 Å². The van der Waals surface area contributed by atoms with Crippen molar-refractivity contribution in [2.75, 3.05) is 0 Å². The quantitative estimate of drug-likeness (QED) is 0.822. The molecule has 1 aromatic carbocycles. The first-order chi connectivity index (χ1) is 7.41. The van der Waals surface area contributed by atoms with Crippen molar-refractivity contribution < 1.29 is 4.39 Å². The van der Waals surface area contributed by atoms with Crippen molar-refractivity contribution >= 4 is 0 Å². The van der Waals surface area contributed by atoms with Gasteiger partial charge in [-0.1, -0.05) is 26.8 Å². The average Bonchev–Trinajstić information content (AvgIpc) is 2.15. The largest absolute Gasteiger partial charge is 0.311 e. The zero-order chi connectivity index (χ0) is 12.3. The third-order valence-electron chi connectivity index (χ3n) is 3.07. The molecule has 16 heavy (non-hydrogen) atoms. The van der Waals surface area contributed by atoms with Crippen LogP contribution in [0.4, 0.5) is 4.39 Å². The summed E-state index contributed by atoms with van der Waals surface area (Å²) in [5, 5.41) is 3.49. The highest BCUT2D eigenvalue weighted by Crippen LogP contribution is 2.23. The van der Waals surface area contributed by atoms with Gasteiger partial charge in [0.25, 0.3) is 0 Å². The molecule has 0 amide bonds. The molecule has 0 heterocycles. The topological polar surface area (TPSA) is 12.0 Å². The Morgan fingerprint density at radius 3 is 2.25 bits per heavy atom. The molecule has 1 N–H and O–H groups in total. The van der Waals surface area contributed by atoms with Crippen LogP contribution in [0.15, 0.2) is 18.2 Å². The van der Waals surface area contributed by atoms with Crippen molar-refractivity contribution in [2.24, 2.45) is 0 Å². The van der Waals surface area contributed by atoms with Crippen molar-refractivity contribution in [3.63, 3.8) is 0 Å². The Morgan fingerprint density at radius 2 is 1.75 bits per heavy atom. The van der Waals surface area contributed by atoms with E-state index in [1.807, 2.05) is 13.0 Å². The normalized spacial score (nSPS) is 15.2. The molecule has 0 radical (unpaired) electrons. The van der Waals surface area contributed by atoms with E-state index in [4.69, 9.17) is 0 Å². The minimum Gasteiger partial charge on any atom is -0.311 e. The van der Waals surface area contributed by atoms with Gasteiger partial charge in [0.05, 0.1) is 0 Å². The number of hydrogen-bond donors (Lipinski definition) is 1. The number of nitrogens with one attached hydrogen (secondary N) is 1. The molecule has 0 aromatic heterocycles. The SMILES string of the molecule is Cc1cc(F)ccc1C(C)C(C)NC(C)C. The van der Waals surface area contributed by atoms with Gasteiger partial charge in [-0.3, -0.25) is 0 Å². The second-order valence-electron chi connectivity index (χ2n) is 4.90. The lowest BCUT2D eigenvalue weighted by molar-refractivity contribution is 0.438. The third kappa shape index (κ3) is 3.31. The number of rotatable bonds is 4. The molecule has 0 fully saturated rings. The maximum atomic E-state index is 13.0. The average molecular weight is 223 g/mol. The van der Waals surface area contributed by atoms with Crippen LogP contribution in [0.2, 0.25) is 0 Å². The highest BCUT2D eigenvalue weighted by Gasteiger charge is 2.16. The van der Waals surface area contributed by atoms with Crippen LogP contribution in [0.5, 0.6) is 0 Å². The molecule has 0 aliphatic heterocycles. The van der Waals surface area contributed by atoms with E-state index in [0.29, 0.717) is 18.0 Å². The van der Waals surface area contributed by atoms with Gasteiger partial charge < -0.3 is 5.32 Å². The standard InChI is InChI=1S/C14H22FN/c1-9(2)16-12(5)11(4)14-7-6-13(15)8-10(14)3/h6-9,11-12,16H,1-5H3. The van der Waals surface area contributed by atoms with Crippen molar-refractivity contribution in [1.29, 1.82) is 0 Å². The molecule has 0 bridgehead atoms. The highest BCUT2D eigenvalue weighted by molar-refractivity contribution is 5.30. The van der Waals surface area contributed by atoms with Gasteiger partial charge in [-0.05, 0) is 43.0 Å². The van der Waals surface area contributed by atoms with Crippen LogP contribution in [0.25, 0.3) is 0 Å². The van der Waals surface area contributed by atoms with Crippen molar-refractivity contribution in [3.05, 3.63) is 35.1 Å². The molecule has 0 saturated heterocycles. The Labute approximate surface area is 98.1 Å². The molecule has 0 aliphatic carbocycles. The summed E-state index contributed by atoms with van der Waals surface area (Å²) >= 11 is 0. The lowest BCUT2D eigenvalue weighted by Gasteiger charge is -2.25. The maximum absolute atomic E-state index is 13.0. The summed E-state index contributed by atoms with van der Waals surface area (Å²) in [6.45, 7) is 10.6. The van der Waals surface area contributed by atoms with E-state index in [2.05, 4.69) is 33.0 Å². The summed E-state index contributed by atoms with van der Waals surface area (Å²) in [6, 6.07) is 5.91. The Hall–Kier alpha value is -0.890. The smallest absolute Gasteiger partial charge is 0.123 e. The number of aryl methyl sites for hydroxylation is 1. The molecule has 2 atom stereocenters. The van der Waals surface area contributed by atoms with E-state index in [9.17, 15) is 4.39 Å². The molecular formula is C14H22FN. The van der Waals surface area contributed by atoms with E-state index < -0.39 is 0 Å². The van der Waals surface area contributed by atoms with Gasteiger partial charge in [-0.2, -0.15) is 0 Å². The first-order valence-electron chi connectivity index (χ1n) is 5.94. The summed E-state index contributed by atoms with van der Waals surface area (Å²) in [4.78, 5) is 0. The molecule has 1 aromatic rings. The second kappa shape index (κ2) is 5.44. The summed E-state index contributed by atoms with van der Waals surface area (Å²) in [5.41, 5.74) is 2.26. The van der Waals surface area contributed by atoms with Crippen LogP contribution < -0.4 is 5.32 Å². The van der Waals surface area contributed by atoms with Crippen molar-refractivity contribution in [1.82, 2.24) is 5.32 Å². The minimum absolute atomic E-state index is 0.155. The van der Waals surface area contributed by atoms with Gasteiger partial charge >= 0.3 is 0 Å². The van der Waals surface area contributed by atoms with Crippen molar-refractivity contribution in [3.8, 4) is 0 Å². The number of hydrogen-bond acceptors (Lipinski definition) is 1. The van der Waals surface area contributed by atoms with Crippen LogP contribution in [0.3, 0.4) is 0 Å². The predicted octanol–water partition coefficient (Wildman–Crippen LogP) is 3.62. The van der Waals surface area contributed by atoms with Crippen LogP contribution in [0, 0.1) is 12.7 Å². The molecule has 2 unspecified atom stereocenters. The minimum atomic E-state index is -0.155. The highest BCUT2D eigenvalue weighted by atomic mass is 19.1. The zero-order valence-corrected chi connectivity index (χ0v) is 10.8. The first-order valence-corrected chi connectivity index (χ1v) is 5.94. The van der Waals surface area contributed by atoms with Gasteiger partial charge in [-0.15, -0.1) is 0 Å². The van der Waals surface area contributed by atoms with Crippen LogP contribution >= 0.6 is 0 Å². The van der Waals surface area contributed by atoms with Crippen molar-refractivity contribution in [2.45, 2.75) is 52.6 Å². The van der Waals surface area contributed by atoms with E-state index >= 15 is 0 Å². The van der Waals surface area contributed by atoms with Gasteiger partial charge in [0.2, 0.25) is 0 Å². The predicted molar refractivity (Wildman–Crippen MR) is 67.3 cm³/mol. The third-order valence-corrected chi connectivity index (χ3v) is 3.07. The number of halogens is 1. The molecule has 1 rings (SSSR count). The number of benzene rings is 1. The van der Waals surface area contributed by atoms with Gasteiger partial charge in [-0.25, -0.2) is 4.39 Å². The fourth-order valence-electron chi connectivity index (χ4n) is 2.09. The van der Waals surface area contributed by atoms with E-state index in [0.717, 1.165) is 5.56 Å². The van der Waals surface area contributed by atoms with Crippen LogP contribution in [-0.4, -0.2) is 12.1 Å². The fraction of sp³-hybridized carbons (Fsp3) is 0.571. The molecule has 0 aliphatic rings. The lowest BCUT2D eigenvalue weighted by Crippen LogP contribution is -2.36. The summed E-state index contributed by atoms with van der Waals surface area (Å²) in [5.74, 6) is 0.237. The second-order valence-corrected chi connectivity index (χ2v) is 4.90. The molecular weight excluding hydrogens is 201 g/mol. The first kappa shape index (κ1) is 13.2. The summed E-state index contributed by atoms with van der Waals surface area (Å²) in [6.07, 6.45) is 0. The summed E-state index contributed by atoms with van der Waals surface area (Å²) < 4.78 is 13.0. The Morgan fingerprint density at radius 1 is 1.12 bits per heavy atom. The molecule has 90 valence electrons. The van der Waals surface area contributed by atoms with Crippen LogP contribution in [0.1, 0.15) is 44.7 Å². The Balaban J connectivity index is 2.83. The fourth-order valence-corrected chi connectivity index (χ4v) is 2.09. The van der Waals surface area contributed by atoms with Gasteiger partial charge in [0, 0.05) is 12.1 Å². The van der Waals surface area contributed by atoms with E-state index in [1.165, 1.54) is 5.56 Å². The maximum Gasteiger partial charge on any atom is 0.123 e. The van der Waals surface area contributed by atoms with Crippen LogP contribution in [-0.2, 0) is 0 Å². The summed E-state index contributed by atoms with van der Waals surface area (Å²) in [7, 11) is 0. The van der Waals surface area contributed by atoms with E-state index in [-0.39, 0.29) is 5.82 Å². The Kier molecular flexibility index (Phi) is 4.48. The van der Waals surface area contributed by atoms with Gasteiger partial charge in [0.15, 0.2) is 0 Å². The zero-order valence-electron chi connectivity index (χ0n) is 10.8. The molecule has 0 saturated carbocycles. The Bertz CT molecular complexity index is 347. The molecule has 0 spiro atoms. The monoisotopic (exact) mass is 223 g/mol. The lowest BCUT2D eigenvalue weighted by atomic mass is 9.90.